The minimum atomic E-state index is 0. The predicted octanol–water partition coefficient (Wildman–Crippen LogP) is -0.868. The number of hydrogen-bond donors (Lipinski definition) is 1. The number of aromatic nitrogens is 2. The van der Waals surface area contributed by atoms with E-state index in [2.05, 4.69) is 24.0 Å². The van der Waals surface area contributed by atoms with Gasteiger partial charge in [-0.05, 0) is 12.8 Å². The van der Waals surface area contributed by atoms with Gasteiger partial charge in [-0.1, -0.05) is 32.6 Å². The Labute approximate surface area is 115 Å². The van der Waals surface area contributed by atoms with Crippen molar-refractivity contribution in [3.8, 4) is 0 Å². The monoisotopic (exact) mass is 304 g/mol. The highest BCUT2D eigenvalue weighted by Crippen LogP contribution is 2.04. The van der Waals surface area contributed by atoms with E-state index in [1.165, 1.54) is 38.5 Å². The number of unbranched alkanes of at least 4 members (excludes halogenated alkanes) is 5. The van der Waals surface area contributed by atoms with Gasteiger partial charge in [0.2, 0.25) is 6.33 Å². The van der Waals surface area contributed by atoms with Gasteiger partial charge in [-0.2, -0.15) is 0 Å². The van der Waals surface area contributed by atoms with Crippen molar-refractivity contribution in [1.82, 2.24) is 4.57 Å². The minimum absolute atomic E-state index is 0. The van der Waals surface area contributed by atoms with Crippen LogP contribution in [0.2, 0.25) is 0 Å². The van der Waals surface area contributed by atoms with Gasteiger partial charge in [0.05, 0.1) is 13.2 Å². The lowest BCUT2D eigenvalue weighted by molar-refractivity contribution is -0.696. The smallest absolute Gasteiger partial charge is 0.243 e. The number of halogens is 1. The Balaban J connectivity index is 0.00000256. The predicted molar refractivity (Wildman–Crippen MR) is 65.1 cm³/mol. The molecule has 0 fully saturated rings. The van der Waals surface area contributed by atoms with E-state index in [1.54, 1.807) is 0 Å². The van der Waals surface area contributed by atoms with Crippen molar-refractivity contribution in [2.45, 2.75) is 58.5 Å². The summed E-state index contributed by atoms with van der Waals surface area (Å²) in [5, 5.41) is 8.80. The number of aliphatic hydroxyl groups is 1. The van der Waals surface area contributed by atoms with Crippen LogP contribution in [0.3, 0.4) is 0 Å². The standard InChI is InChI=1S/C13H25N2O.BrH/c1-2-3-4-5-6-7-8-14-9-10-15(13-14)11-12-16;/h9-10,13,16H,2-8,11-12H2,1H3;1H/q+1;/p-1. The lowest BCUT2D eigenvalue weighted by Crippen LogP contribution is -3.00. The number of imidazole rings is 1. The van der Waals surface area contributed by atoms with E-state index in [9.17, 15) is 0 Å². The van der Waals surface area contributed by atoms with E-state index < -0.39 is 0 Å². The zero-order valence-electron chi connectivity index (χ0n) is 10.8. The summed E-state index contributed by atoms with van der Waals surface area (Å²) in [5.74, 6) is 0. The van der Waals surface area contributed by atoms with Gasteiger partial charge < -0.3 is 22.1 Å². The molecule has 0 radical (unpaired) electrons. The summed E-state index contributed by atoms with van der Waals surface area (Å²) >= 11 is 0. The van der Waals surface area contributed by atoms with E-state index in [1.807, 2.05) is 10.8 Å². The second-order valence-corrected chi connectivity index (χ2v) is 4.38. The Morgan fingerprint density at radius 3 is 2.53 bits per heavy atom. The highest BCUT2D eigenvalue weighted by molar-refractivity contribution is 4.65. The molecule has 1 rings (SSSR count). The molecule has 1 heterocycles. The van der Waals surface area contributed by atoms with Crippen molar-refractivity contribution in [3.05, 3.63) is 18.7 Å². The molecule has 1 aromatic heterocycles. The summed E-state index contributed by atoms with van der Waals surface area (Å²) in [6.45, 7) is 4.26. The Morgan fingerprint density at radius 2 is 1.82 bits per heavy atom. The Bertz CT molecular complexity index is 276. The van der Waals surface area contributed by atoms with Crippen molar-refractivity contribution >= 4 is 0 Å². The van der Waals surface area contributed by atoms with Gasteiger partial charge >= 0.3 is 0 Å². The largest absolute Gasteiger partial charge is 1.00 e. The SMILES string of the molecule is CCCCCCCC[n+]1ccn(CCO)c1.[Br-]. The average molecular weight is 305 g/mol. The maximum Gasteiger partial charge on any atom is 0.243 e. The fourth-order valence-corrected chi connectivity index (χ4v) is 1.89. The van der Waals surface area contributed by atoms with Crippen LogP contribution in [0.1, 0.15) is 45.4 Å². The van der Waals surface area contributed by atoms with Crippen LogP contribution in [0.25, 0.3) is 0 Å². The van der Waals surface area contributed by atoms with Crippen LogP contribution < -0.4 is 21.5 Å². The first-order valence-corrected chi connectivity index (χ1v) is 6.52. The molecule has 0 saturated carbocycles. The van der Waals surface area contributed by atoms with Gasteiger partial charge in [-0.15, -0.1) is 0 Å². The van der Waals surface area contributed by atoms with Gasteiger partial charge in [0.15, 0.2) is 0 Å². The van der Waals surface area contributed by atoms with Crippen molar-refractivity contribution in [2.75, 3.05) is 6.61 Å². The van der Waals surface area contributed by atoms with E-state index in [-0.39, 0.29) is 23.6 Å². The summed E-state index contributed by atoms with van der Waals surface area (Å²) < 4.78 is 4.23. The normalized spacial score (nSPS) is 10.2. The lowest BCUT2D eigenvalue weighted by Gasteiger charge is -1.98. The molecule has 0 saturated heterocycles. The topological polar surface area (TPSA) is 29.0 Å². The molecule has 3 nitrogen and oxygen atoms in total. The van der Waals surface area contributed by atoms with Gasteiger partial charge in [0.1, 0.15) is 18.9 Å². The summed E-state index contributed by atoms with van der Waals surface area (Å²) in [4.78, 5) is 0. The molecule has 17 heavy (non-hydrogen) atoms. The number of hydrogen-bond acceptors (Lipinski definition) is 1. The summed E-state index contributed by atoms with van der Waals surface area (Å²) in [5.41, 5.74) is 0. The van der Waals surface area contributed by atoms with Crippen LogP contribution in [0.5, 0.6) is 0 Å². The number of aliphatic hydroxyl groups excluding tert-OH is 1. The molecule has 1 N–H and O–H groups in total. The number of aryl methyl sites for hydroxylation is 1. The van der Waals surface area contributed by atoms with Crippen molar-refractivity contribution < 1.29 is 26.7 Å². The van der Waals surface area contributed by atoms with Crippen molar-refractivity contribution in [2.24, 2.45) is 0 Å². The molecule has 0 aliphatic carbocycles. The Morgan fingerprint density at radius 1 is 1.12 bits per heavy atom. The molecule has 0 aliphatic rings. The zero-order valence-corrected chi connectivity index (χ0v) is 12.4. The molecule has 100 valence electrons. The molecule has 0 bridgehead atoms. The zero-order chi connectivity index (χ0) is 11.6. The van der Waals surface area contributed by atoms with Gasteiger partial charge in [0, 0.05) is 0 Å². The minimum Gasteiger partial charge on any atom is -1.00 e. The lowest BCUT2D eigenvalue weighted by atomic mass is 10.1. The third kappa shape index (κ3) is 7.55. The van der Waals surface area contributed by atoms with Gasteiger partial charge in [-0.3, -0.25) is 0 Å². The second-order valence-electron chi connectivity index (χ2n) is 4.38. The summed E-state index contributed by atoms with van der Waals surface area (Å²) in [6.07, 6.45) is 14.2. The molecule has 0 spiro atoms. The first-order valence-electron chi connectivity index (χ1n) is 6.52. The molecule has 0 aromatic carbocycles. The molecular formula is C13H25BrN2O. The fourth-order valence-electron chi connectivity index (χ4n) is 1.89. The molecule has 0 unspecified atom stereocenters. The Hall–Kier alpha value is -0.350. The second kappa shape index (κ2) is 10.8. The van der Waals surface area contributed by atoms with E-state index in [4.69, 9.17) is 5.11 Å². The molecule has 4 heteroatoms. The van der Waals surface area contributed by atoms with Crippen LogP contribution in [0.15, 0.2) is 18.7 Å². The maximum atomic E-state index is 8.80. The highest BCUT2D eigenvalue weighted by Gasteiger charge is 2.02. The van der Waals surface area contributed by atoms with Gasteiger partial charge in [-0.25, -0.2) is 9.13 Å². The molecule has 0 atom stereocenters. The van der Waals surface area contributed by atoms with E-state index >= 15 is 0 Å². The van der Waals surface area contributed by atoms with Crippen molar-refractivity contribution in [1.29, 1.82) is 0 Å². The molecule has 0 amide bonds. The Kier molecular flexibility index (Phi) is 10.6. The first kappa shape index (κ1) is 16.6. The third-order valence-corrected chi connectivity index (χ3v) is 2.87. The van der Waals surface area contributed by atoms with E-state index in [0.717, 1.165) is 6.54 Å². The number of rotatable bonds is 9. The summed E-state index contributed by atoms with van der Waals surface area (Å²) in [7, 11) is 0. The summed E-state index contributed by atoms with van der Waals surface area (Å²) in [6, 6.07) is 0. The van der Waals surface area contributed by atoms with Gasteiger partial charge in [0.25, 0.3) is 0 Å². The van der Waals surface area contributed by atoms with Crippen molar-refractivity contribution in [3.63, 3.8) is 0 Å². The first-order chi connectivity index (χ1) is 7.86. The van der Waals surface area contributed by atoms with Crippen LogP contribution in [-0.2, 0) is 13.1 Å². The third-order valence-electron chi connectivity index (χ3n) is 2.87. The molecular weight excluding hydrogens is 280 g/mol. The van der Waals surface area contributed by atoms with Crippen LogP contribution in [0.4, 0.5) is 0 Å². The quantitative estimate of drug-likeness (QED) is 0.466. The van der Waals surface area contributed by atoms with Crippen LogP contribution in [0, 0.1) is 0 Å². The van der Waals surface area contributed by atoms with Crippen LogP contribution >= 0.6 is 0 Å². The fraction of sp³-hybridized carbons (Fsp3) is 0.769. The van der Waals surface area contributed by atoms with E-state index in [0.29, 0.717) is 6.54 Å². The molecule has 1 aromatic rings. The van der Waals surface area contributed by atoms with Crippen LogP contribution in [-0.4, -0.2) is 16.3 Å². The highest BCUT2D eigenvalue weighted by atomic mass is 79.9. The average Bonchev–Trinajstić information content (AvgIpc) is 2.72. The number of nitrogens with zero attached hydrogens (tertiary/aromatic N) is 2. The molecule has 0 aliphatic heterocycles. The maximum absolute atomic E-state index is 8.80.